The Morgan fingerprint density at radius 2 is 1.91 bits per heavy atom. The van der Waals surface area contributed by atoms with Crippen LogP contribution in [0.1, 0.15) is 49.5 Å². The molecule has 1 amide bonds. The number of benzene rings is 2. The van der Waals surface area contributed by atoms with E-state index in [1.54, 1.807) is 47.3 Å². The second kappa shape index (κ2) is 8.42. The van der Waals surface area contributed by atoms with Gasteiger partial charge in [-0.1, -0.05) is 44.5 Å². The number of carbonyl (C=O) groups excluding carboxylic acids is 1. The molecule has 4 atom stereocenters. The van der Waals surface area contributed by atoms with Crippen molar-refractivity contribution < 1.29 is 9.18 Å². The molecule has 34 heavy (non-hydrogen) atoms. The average molecular weight is 482 g/mol. The maximum absolute atomic E-state index is 13.8. The molecule has 1 N–H and O–H groups in total. The monoisotopic (exact) mass is 481 g/mol. The first kappa shape index (κ1) is 22.9. The second-order valence-electron chi connectivity index (χ2n) is 10.4. The van der Waals surface area contributed by atoms with Gasteiger partial charge in [0.1, 0.15) is 11.4 Å². The quantitative estimate of drug-likeness (QED) is 0.539. The topological polar surface area (TPSA) is 56.0 Å². The Morgan fingerprint density at radius 1 is 1.18 bits per heavy atom. The number of halogens is 2. The van der Waals surface area contributed by atoms with Crippen molar-refractivity contribution in [1.29, 1.82) is 0 Å². The molecule has 3 fully saturated rings. The summed E-state index contributed by atoms with van der Waals surface area (Å²) in [4.78, 5) is 26.7. The number of rotatable bonds is 5. The molecule has 0 unspecified atom stereocenters. The van der Waals surface area contributed by atoms with E-state index >= 15 is 0 Å². The molecule has 1 aromatic heterocycles. The Bertz CT molecular complexity index is 1290. The van der Waals surface area contributed by atoms with Crippen LogP contribution in [0, 0.1) is 29.0 Å². The summed E-state index contributed by atoms with van der Waals surface area (Å²) in [5.41, 5.74) is 1.25. The largest absolute Gasteiger partial charge is 0.349 e. The summed E-state index contributed by atoms with van der Waals surface area (Å²) < 4.78 is 16.9. The highest BCUT2D eigenvalue weighted by Gasteiger charge is 2.56. The van der Waals surface area contributed by atoms with Gasteiger partial charge in [-0.2, -0.15) is 0 Å². The van der Waals surface area contributed by atoms with E-state index in [4.69, 9.17) is 11.6 Å². The highest BCUT2D eigenvalue weighted by molar-refractivity contribution is 6.30. The Hall–Kier alpha value is -2.86. The first-order valence-electron chi connectivity index (χ1n) is 11.8. The van der Waals surface area contributed by atoms with Gasteiger partial charge in [0.05, 0.1) is 12.2 Å². The highest BCUT2D eigenvalue weighted by Crippen LogP contribution is 2.61. The molecule has 0 aliphatic heterocycles. The zero-order valence-electron chi connectivity index (χ0n) is 19.6. The zero-order valence-corrected chi connectivity index (χ0v) is 20.3. The standard InChI is InChI=1S/C27H29ClFN3O2/c1-16-23-12-18(27(23,2)3)13-24(16)30-25(33)22-15-31(14-17-5-4-6-20(29)11-17)32(26(22)34)21-9-7-19(28)8-10-21/h4-11,15-16,18,23-24H,12-14H2,1-3H3,(H,30,33)/t16-,18+,23-,24-/m1/s1. The number of hydrogen-bond donors (Lipinski definition) is 1. The molecule has 1 heterocycles. The summed E-state index contributed by atoms with van der Waals surface area (Å²) in [5, 5.41) is 3.70. The van der Waals surface area contributed by atoms with Crippen molar-refractivity contribution in [1.82, 2.24) is 14.7 Å². The van der Waals surface area contributed by atoms with Gasteiger partial charge in [0.25, 0.3) is 11.5 Å². The molecule has 3 aliphatic carbocycles. The Labute approximate surface area is 203 Å². The van der Waals surface area contributed by atoms with Crippen LogP contribution in [0.2, 0.25) is 5.02 Å². The molecular formula is C27H29ClFN3O2. The first-order chi connectivity index (χ1) is 16.1. The predicted molar refractivity (Wildman–Crippen MR) is 131 cm³/mol. The second-order valence-corrected chi connectivity index (χ2v) is 10.8. The van der Waals surface area contributed by atoms with Crippen LogP contribution >= 0.6 is 11.6 Å². The third kappa shape index (κ3) is 3.88. The van der Waals surface area contributed by atoms with Crippen LogP contribution in [-0.2, 0) is 6.54 Å². The molecule has 5 nitrogen and oxygen atoms in total. The fourth-order valence-electron chi connectivity index (χ4n) is 6.02. The fraction of sp³-hybridized carbons (Fsp3) is 0.407. The van der Waals surface area contributed by atoms with Gasteiger partial charge in [0.15, 0.2) is 0 Å². The van der Waals surface area contributed by atoms with Crippen LogP contribution in [-0.4, -0.2) is 21.3 Å². The van der Waals surface area contributed by atoms with Gasteiger partial charge in [-0.25, -0.2) is 9.07 Å². The van der Waals surface area contributed by atoms with Gasteiger partial charge in [-0.05, 0) is 78.0 Å². The highest BCUT2D eigenvalue weighted by atomic mass is 35.5. The van der Waals surface area contributed by atoms with Gasteiger partial charge in [-0.3, -0.25) is 14.3 Å². The molecule has 0 saturated heterocycles. The lowest BCUT2D eigenvalue weighted by Gasteiger charge is -2.62. The molecule has 0 radical (unpaired) electrons. The SMILES string of the molecule is C[C@@H]1[C@H]2C[C@@H](C[C@H]1NC(=O)c1cn(Cc3cccc(F)c3)n(-c3ccc(Cl)cc3)c1=O)C2(C)C. The third-order valence-electron chi connectivity index (χ3n) is 8.18. The van der Waals surface area contributed by atoms with E-state index in [0.717, 1.165) is 6.42 Å². The smallest absolute Gasteiger partial charge is 0.284 e. The van der Waals surface area contributed by atoms with E-state index in [2.05, 4.69) is 26.1 Å². The summed E-state index contributed by atoms with van der Waals surface area (Å²) >= 11 is 6.04. The van der Waals surface area contributed by atoms with Crippen LogP contribution in [0.5, 0.6) is 0 Å². The van der Waals surface area contributed by atoms with Crippen LogP contribution in [0.25, 0.3) is 5.69 Å². The van der Waals surface area contributed by atoms with Crippen molar-refractivity contribution in [2.24, 2.45) is 23.2 Å². The number of hydrogen-bond acceptors (Lipinski definition) is 2. The molecule has 6 rings (SSSR count). The minimum atomic E-state index is -0.412. The van der Waals surface area contributed by atoms with Crippen LogP contribution in [0.4, 0.5) is 4.39 Å². The van der Waals surface area contributed by atoms with E-state index in [0.29, 0.717) is 39.4 Å². The van der Waals surface area contributed by atoms with Crippen molar-refractivity contribution in [2.45, 2.75) is 46.2 Å². The molecule has 3 aromatic rings. The summed E-state index contributed by atoms with van der Waals surface area (Å²) in [6.45, 7) is 7.07. The van der Waals surface area contributed by atoms with Crippen LogP contribution < -0.4 is 10.9 Å². The van der Waals surface area contributed by atoms with Crippen LogP contribution in [0.3, 0.4) is 0 Å². The van der Waals surface area contributed by atoms with Gasteiger partial charge in [0, 0.05) is 17.3 Å². The summed E-state index contributed by atoms with van der Waals surface area (Å²) in [7, 11) is 0. The van der Waals surface area contributed by atoms with E-state index in [-0.39, 0.29) is 29.9 Å². The van der Waals surface area contributed by atoms with Crippen molar-refractivity contribution in [3.8, 4) is 5.69 Å². The van der Waals surface area contributed by atoms with Gasteiger partial charge in [0.2, 0.25) is 0 Å². The van der Waals surface area contributed by atoms with E-state index < -0.39 is 5.56 Å². The van der Waals surface area contributed by atoms with E-state index in [1.807, 2.05) is 0 Å². The molecule has 178 valence electrons. The van der Waals surface area contributed by atoms with Crippen molar-refractivity contribution in [2.75, 3.05) is 0 Å². The number of aromatic nitrogens is 2. The van der Waals surface area contributed by atoms with Crippen molar-refractivity contribution >= 4 is 17.5 Å². The Morgan fingerprint density at radius 3 is 2.56 bits per heavy atom. The number of amides is 1. The molecule has 2 bridgehead atoms. The lowest BCUT2D eigenvalue weighted by Crippen LogP contribution is -2.60. The maximum Gasteiger partial charge on any atom is 0.284 e. The Balaban J connectivity index is 1.47. The van der Waals surface area contributed by atoms with Crippen molar-refractivity contribution in [3.05, 3.63) is 87.0 Å². The Kier molecular flexibility index (Phi) is 5.67. The maximum atomic E-state index is 13.8. The minimum Gasteiger partial charge on any atom is -0.349 e. The minimum absolute atomic E-state index is 0.0548. The lowest BCUT2D eigenvalue weighted by atomic mass is 9.45. The summed E-state index contributed by atoms with van der Waals surface area (Å²) in [6.07, 6.45) is 3.72. The van der Waals surface area contributed by atoms with E-state index in [9.17, 15) is 14.0 Å². The van der Waals surface area contributed by atoms with Gasteiger partial charge in [-0.15, -0.1) is 0 Å². The summed E-state index contributed by atoms with van der Waals surface area (Å²) in [6, 6.07) is 13.1. The molecule has 3 aliphatic rings. The average Bonchev–Trinajstić information content (AvgIpc) is 3.11. The zero-order chi connectivity index (χ0) is 24.2. The van der Waals surface area contributed by atoms with Crippen molar-refractivity contribution in [3.63, 3.8) is 0 Å². The molecule has 0 spiro atoms. The number of carbonyl (C=O) groups is 1. The van der Waals surface area contributed by atoms with Crippen LogP contribution in [0.15, 0.2) is 59.5 Å². The first-order valence-corrected chi connectivity index (χ1v) is 12.2. The predicted octanol–water partition coefficient (Wildman–Crippen LogP) is 5.28. The molecular weight excluding hydrogens is 453 g/mol. The molecule has 2 aromatic carbocycles. The van der Waals surface area contributed by atoms with E-state index in [1.165, 1.54) is 23.2 Å². The lowest BCUT2D eigenvalue weighted by molar-refractivity contribution is -0.113. The fourth-order valence-corrected chi connectivity index (χ4v) is 6.15. The van der Waals surface area contributed by atoms with Gasteiger partial charge < -0.3 is 5.32 Å². The molecule has 3 saturated carbocycles. The molecule has 7 heteroatoms. The normalized spacial score (nSPS) is 25.0. The number of fused-ring (bicyclic) bond motifs is 2. The summed E-state index contributed by atoms with van der Waals surface area (Å²) in [5.74, 6) is 0.830. The third-order valence-corrected chi connectivity index (χ3v) is 8.43. The number of nitrogens with zero attached hydrogens (tertiary/aromatic N) is 2. The number of nitrogens with one attached hydrogen (secondary N) is 1. The van der Waals surface area contributed by atoms with Gasteiger partial charge >= 0.3 is 0 Å².